The van der Waals surface area contributed by atoms with Crippen LogP contribution in [0.15, 0.2) is 41.3 Å². The van der Waals surface area contributed by atoms with Crippen LogP contribution < -0.4 is 0 Å². The van der Waals surface area contributed by atoms with Gasteiger partial charge in [-0.1, -0.05) is 30.3 Å². The van der Waals surface area contributed by atoms with Crippen molar-refractivity contribution in [2.24, 2.45) is 0 Å². The molecule has 3 nitrogen and oxygen atoms in total. The molecule has 0 aliphatic carbocycles. The molecule has 0 atom stereocenters. The van der Waals surface area contributed by atoms with Gasteiger partial charge in [-0.05, 0) is 17.9 Å². The van der Waals surface area contributed by atoms with E-state index in [0.29, 0.717) is 0 Å². The van der Waals surface area contributed by atoms with Crippen LogP contribution in [0.3, 0.4) is 0 Å². The Bertz CT molecular complexity index is 434. The predicted molar refractivity (Wildman–Crippen MR) is 68.1 cm³/mol. The molecule has 88 valence electrons. The van der Waals surface area contributed by atoms with E-state index in [1.54, 1.807) is 12.3 Å². The van der Waals surface area contributed by atoms with Gasteiger partial charge in [0.1, 0.15) is 11.6 Å². The van der Waals surface area contributed by atoms with Gasteiger partial charge in [-0.3, -0.25) is 0 Å². The first-order chi connectivity index (χ1) is 8.27. The maximum Gasteiger partial charge on any atom is 0.349 e. The minimum absolute atomic E-state index is 0.0489. The van der Waals surface area contributed by atoms with Gasteiger partial charge < -0.3 is 4.74 Å². The van der Waals surface area contributed by atoms with E-state index < -0.39 is 5.97 Å². The normalized spacial score (nSPS) is 10.7. The Balaban J connectivity index is 2.52. The van der Waals surface area contributed by atoms with Gasteiger partial charge in [0, 0.05) is 5.75 Å². The van der Waals surface area contributed by atoms with Crippen LogP contribution in [0.4, 0.5) is 0 Å². The topological polar surface area (TPSA) is 50.1 Å². The third-order valence-electron chi connectivity index (χ3n) is 1.91. The Kier molecular flexibility index (Phi) is 5.91. The Morgan fingerprint density at radius 3 is 2.76 bits per heavy atom. The summed E-state index contributed by atoms with van der Waals surface area (Å²) in [7, 11) is 0. The molecule has 1 aromatic rings. The summed E-state index contributed by atoms with van der Waals surface area (Å²) >= 11 is 1.41. The monoisotopic (exact) mass is 247 g/mol. The number of nitriles is 1. The lowest BCUT2D eigenvalue weighted by Crippen LogP contribution is -2.05. The average molecular weight is 247 g/mol. The zero-order valence-electron chi connectivity index (χ0n) is 9.55. The maximum atomic E-state index is 11.3. The second kappa shape index (κ2) is 7.53. The molecule has 0 aromatic heterocycles. The summed E-state index contributed by atoms with van der Waals surface area (Å²) in [5.41, 5.74) is 1.20. The van der Waals surface area contributed by atoms with E-state index in [1.807, 2.05) is 36.4 Å². The largest absolute Gasteiger partial charge is 0.462 e. The van der Waals surface area contributed by atoms with E-state index in [2.05, 4.69) is 0 Å². The number of rotatable bonds is 5. The summed E-state index contributed by atoms with van der Waals surface area (Å²) in [6.07, 6.45) is 0. The summed E-state index contributed by atoms with van der Waals surface area (Å²) in [5, 5.41) is 10.3. The number of hydrogen-bond donors (Lipinski definition) is 0. The zero-order chi connectivity index (χ0) is 12.5. The molecule has 0 saturated carbocycles. The molecule has 0 radical (unpaired) electrons. The molecule has 4 heteroatoms. The number of carbonyl (C=O) groups excluding carboxylic acids is 1. The van der Waals surface area contributed by atoms with Crippen LogP contribution in [0, 0.1) is 11.3 Å². The highest BCUT2D eigenvalue weighted by Gasteiger charge is 2.08. The lowest BCUT2D eigenvalue weighted by atomic mass is 10.2. The van der Waals surface area contributed by atoms with Crippen LogP contribution >= 0.6 is 11.8 Å². The lowest BCUT2D eigenvalue weighted by Gasteiger charge is -2.00. The van der Waals surface area contributed by atoms with Crippen molar-refractivity contribution in [3.8, 4) is 6.07 Å². The van der Waals surface area contributed by atoms with Crippen molar-refractivity contribution in [3.63, 3.8) is 0 Å². The molecule has 17 heavy (non-hydrogen) atoms. The zero-order valence-corrected chi connectivity index (χ0v) is 10.4. The van der Waals surface area contributed by atoms with Crippen molar-refractivity contribution in [3.05, 3.63) is 46.9 Å². The Labute approximate surface area is 105 Å². The number of ether oxygens (including phenoxy) is 1. The molecule has 0 fully saturated rings. The highest BCUT2D eigenvalue weighted by Crippen LogP contribution is 2.15. The van der Waals surface area contributed by atoms with Crippen LogP contribution in [0.1, 0.15) is 12.5 Å². The van der Waals surface area contributed by atoms with Crippen molar-refractivity contribution in [2.75, 3.05) is 6.61 Å². The quantitative estimate of drug-likeness (QED) is 0.456. The van der Waals surface area contributed by atoms with E-state index in [4.69, 9.17) is 10.00 Å². The summed E-state index contributed by atoms with van der Waals surface area (Å²) in [6.45, 7) is 1.99. The number of nitrogens with zero attached hydrogens (tertiary/aromatic N) is 1. The molecule has 0 aliphatic heterocycles. The van der Waals surface area contributed by atoms with Gasteiger partial charge in [0.2, 0.25) is 0 Å². The van der Waals surface area contributed by atoms with E-state index >= 15 is 0 Å². The Hall–Kier alpha value is -1.73. The number of benzene rings is 1. The van der Waals surface area contributed by atoms with Crippen LogP contribution in [-0.2, 0) is 15.3 Å². The Morgan fingerprint density at radius 2 is 2.18 bits per heavy atom. The summed E-state index contributed by atoms with van der Waals surface area (Å²) < 4.78 is 4.75. The van der Waals surface area contributed by atoms with Gasteiger partial charge in [0.05, 0.1) is 6.61 Å². The highest BCUT2D eigenvalue weighted by molar-refractivity contribution is 8.01. The fourth-order valence-corrected chi connectivity index (χ4v) is 1.91. The van der Waals surface area contributed by atoms with E-state index in [1.165, 1.54) is 11.8 Å². The maximum absolute atomic E-state index is 11.3. The summed E-state index contributed by atoms with van der Waals surface area (Å²) in [5.74, 6) is 0.168. The highest BCUT2D eigenvalue weighted by atomic mass is 32.2. The molecule has 0 heterocycles. The van der Waals surface area contributed by atoms with Crippen molar-refractivity contribution >= 4 is 17.7 Å². The predicted octanol–water partition coefficient (Wildman–Crippen LogP) is 2.89. The molecule has 1 aromatic carbocycles. The third kappa shape index (κ3) is 4.75. The third-order valence-corrected chi connectivity index (χ3v) is 2.81. The standard InChI is InChI=1S/C13H13NO2S/c1-2-16-13(15)12(8-14)10-17-9-11-6-4-3-5-7-11/h3-7,10H,2,9H2,1H3/b12-10+. The van der Waals surface area contributed by atoms with E-state index in [-0.39, 0.29) is 12.2 Å². The molecule has 0 unspecified atom stereocenters. The van der Waals surface area contributed by atoms with E-state index in [0.717, 1.165) is 11.3 Å². The molecule has 0 N–H and O–H groups in total. The molecule has 0 aliphatic rings. The summed E-state index contributed by atoms with van der Waals surface area (Å²) in [4.78, 5) is 11.3. The minimum Gasteiger partial charge on any atom is -0.462 e. The fourth-order valence-electron chi connectivity index (χ4n) is 1.12. The number of hydrogen-bond acceptors (Lipinski definition) is 4. The van der Waals surface area contributed by atoms with Gasteiger partial charge in [-0.15, -0.1) is 11.8 Å². The minimum atomic E-state index is -0.560. The number of esters is 1. The first-order valence-corrected chi connectivity index (χ1v) is 6.25. The SMILES string of the molecule is CCOC(=O)/C(C#N)=C/SCc1ccccc1. The first kappa shape index (κ1) is 13.3. The van der Waals surface area contributed by atoms with E-state index in [9.17, 15) is 4.79 Å². The van der Waals surface area contributed by atoms with Gasteiger partial charge in [0.25, 0.3) is 0 Å². The number of carbonyl (C=O) groups is 1. The molecular weight excluding hydrogens is 234 g/mol. The lowest BCUT2D eigenvalue weighted by molar-refractivity contribution is -0.137. The van der Waals surface area contributed by atoms with Gasteiger partial charge in [-0.25, -0.2) is 4.79 Å². The van der Waals surface area contributed by atoms with Gasteiger partial charge in [0.15, 0.2) is 0 Å². The second-order valence-electron chi connectivity index (χ2n) is 3.16. The van der Waals surface area contributed by atoms with Crippen molar-refractivity contribution in [1.82, 2.24) is 0 Å². The molecule has 0 bridgehead atoms. The van der Waals surface area contributed by atoms with Gasteiger partial charge >= 0.3 is 5.97 Å². The summed E-state index contributed by atoms with van der Waals surface area (Å²) in [6, 6.07) is 11.7. The molecule has 1 rings (SSSR count). The molecular formula is C13H13NO2S. The van der Waals surface area contributed by atoms with Crippen molar-refractivity contribution < 1.29 is 9.53 Å². The van der Waals surface area contributed by atoms with Crippen LogP contribution in [0.2, 0.25) is 0 Å². The van der Waals surface area contributed by atoms with Crippen LogP contribution in [-0.4, -0.2) is 12.6 Å². The van der Waals surface area contributed by atoms with Crippen LogP contribution in [0.25, 0.3) is 0 Å². The molecule has 0 amide bonds. The van der Waals surface area contributed by atoms with Crippen LogP contribution in [0.5, 0.6) is 0 Å². The van der Waals surface area contributed by atoms with Crippen molar-refractivity contribution in [2.45, 2.75) is 12.7 Å². The molecule has 0 spiro atoms. The second-order valence-corrected chi connectivity index (χ2v) is 4.02. The number of thioether (sulfide) groups is 1. The van der Waals surface area contributed by atoms with Gasteiger partial charge in [-0.2, -0.15) is 5.26 Å². The smallest absolute Gasteiger partial charge is 0.349 e. The fraction of sp³-hybridized carbons (Fsp3) is 0.231. The Morgan fingerprint density at radius 1 is 1.47 bits per heavy atom. The average Bonchev–Trinajstić information content (AvgIpc) is 2.36. The first-order valence-electron chi connectivity index (χ1n) is 5.20. The molecule has 0 saturated heterocycles. The van der Waals surface area contributed by atoms with Crippen molar-refractivity contribution in [1.29, 1.82) is 5.26 Å².